The molecule has 0 saturated heterocycles. The zero-order chi connectivity index (χ0) is 13.8. The molecule has 3 aromatic rings. The largest absolute Gasteiger partial charge is 0.364 e. The molecule has 0 amide bonds. The molecule has 0 saturated carbocycles. The van der Waals surface area contributed by atoms with E-state index in [1.807, 2.05) is 36.4 Å². The lowest BCUT2D eigenvalue weighted by atomic mass is 10.2. The molecule has 0 atom stereocenters. The smallest absolute Gasteiger partial charge is 0.264 e. The number of aromatic nitrogens is 4. The van der Waals surface area contributed by atoms with Crippen LogP contribution >= 0.6 is 0 Å². The molecule has 3 rings (SSSR count). The molecular weight excluding hydrogens is 254 g/mol. The Balaban J connectivity index is 2.01. The normalized spacial score (nSPS) is 11.0. The second-order valence-electron chi connectivity index (χ2n) is 4.06. The number of hydrogen-bond acceptors (Lipinski definition) is 4. The molecule has 0 aliphatic carbocycles. The first-order chi connectivity index (χ1) is 9.84. The summed E-state index contributed by atoms with van der Waals surface area (Å²) in [5, 5.41) is 10.6. The summed E-state index contributed by atoms with van der Waals surface area (Å²) in [5.41, 5.74) is 1.23. The van der Waals surface area contributed by atoms with Gasteiger partial charge in [0.15, 0.2) is 5.82 Å². The lowest BCUT2D eigenvalue weighted by Gasteiger charge is -1.99. The van der Waals surface area contributed by atoms with Gasteiger partial charge in [-0.2, -0.15) is 14.9 Å². The first-order valence-corrected chi connectivity index (χ1v) is 6.02. The summed E-state index contributed by atoms with van der Waals surface area (Å²) in [7, 11) is 0. The van der Waals surface area contributed by atoms with Crippen molar-refractivity contribution in [1.82, 2.24) is 19.9 Å². The van der Waals surface area contributed by atoms with Crippen LogP contribution in [0.2, 0.25) is 0 Å². The zero-order valence-electron chi connectivity index (χ0n) is 10.5. The molecule has 0 unspecified atom stereocenters. The minimum absolute atomic E-state index is 0.385. The standard InChI is InChI=1S/C14H11N5O/c20-14-18-17-13(12-6-2-1-3-7-12)19(14)16-10-11-5-4-8-15-9-11/h1-10H,(H,18,20). The second-order valence-corrected chi connectivity index (χ2v) is 4.06. The molecule has 1 N–H and O–H groups in total. The number of rotatable bonds is 3. The van der Waals surface area contributed by atoms with Crippen LogP contribution in [0.3, 0.4) is 0 Å². The lowest BCUT2D eigenvalue weighted by molar-refractivity contribution is 0.842. The Labute approximate surface area is 114 Å². The molecular formula is C14H11N5O. The summed E-state index contributed by atoms with van der Waals surface area (Å²) >= 11 is 0. The molecule has 0 bridgehead atoms. The van der Waals surface area contributed by atoms with Crippen LogP contribution in [0.15, 0.2) is 64.8 Å². The van der Waals surface area contributed by atoms with E-state index >= 15 is 0 Å². The maximum atomic E-state index is 11.8. The fourth-order valence-electron chi connectivity index (χ4n) is 1.75. The number of pyridine rings is 1. The van der Waals surface area contributed by atoms with Crippen LogP contribution in [0.4, 0.5) is 0 Å². The third kappa shape index (κ3) is 2.39. The van der Waals surface area contributed by atoms with E-state index in [9.17, 15) is 4.79 Å². The van der Waals surface area contributed by atoms with Crippen LogP contribution in [0, 0.1) is 0 Å². The van der Waals surface area contributed by atoms with Crippen LogP contribution in [0.1, 0.15) is 5.56 Å². The van der Waals surface area contributed by atoms with Gasteiger partial charge in [0.25, 0.3) is 0 Å². The Morgan fingerprint density at radius 1 is 1.15 bits per heavy atom. The average Bonchev–Trinajstić information content (AvgIpc) is 2.88. The van der Waals surface area contributed by atoms with Gasteiger partial charge >= 0.3 is 5.69 Å². The van der Waals surface area contributed by atoms with E-state index < -0.39 is 0 Å². The van der Waals surface area contributed by atoms with Crippen molar-refractivity contribution >= 4 is 6.21 Å². The maximum Gasteiger partial charge on any atom is 0.364 e. The van der Waals surface area contributed by atoms with Gasteiger partial charge in [0, 0.05) is 23.5 Å². The molecule has 0 aliphatic rings. The van der Waals surface area contributed by atoms with Crippen LogP contribution < -0.4 is 5.69 Å². The van der Waals surface area contributed by atoms with Gasteiger partial charge in [0.05, 0.1) is 6.21 Å². The van der Waals surface area contributed by atoms with Crippen molar-refractivity contribution in [3.63, 3.8) is 0 Å². The molecule has 2 heterocycles. The van der Waals surface area contributed by atoms with E-state index in [2.05, 4.69) is 20.3 Å². The predicted octanol–water partition coefficient (Wildman–Crippen LogP) is 1.52. The molecule has 1 aromatic carbocycles. The van der Waals surface area contributed by atoms with Gasteiger partial charge in [-0.15, -0.1) is 0 Å². The Morgan fingerprint density at radius 2 is 2.00 bits per heavy atom. The molecule has 2 aromatic heterocycles. The minimum atomic E-state index is -0.385. The van der Waals surface area contributed by atoms with Crippen molar-refractivity contribution in [2.24, 2.45) is 5.10 Å². The van der Waals surface area contributed by atoms with E-state index in [0.717, 1.165) is 11.1 Å². The number of nitrogens with one attached hydrogen (secondary N) is 1. The Morgan fingerprint density at radius 3 is 2.75 bits per heavy atom. The van der Waals surface area contributed by atoms with Gasteiger partial charge in [0.2, 0.25) is 0 Å². The summed E-state index contributed by atoms with van der Waals surface area (Å²) in [6, 6.07) is 13.0. The number of benzene rings is 1. The third-order valence-corrected chi connectivity index (χ3v) is 2.69. The Bertz CT molecular complexity index is 774. The van der Waals surface area contributed by atoms with E-state index in [-0.39, 0.29) is 5.69 Å². The first kappa shape index (κ1) is 12.0. The van der Waals surface area contributed by atoms with Gasteiger partial charge in [-0.3, -0.25) is 4.98 Å². The third-order valence-electron chi connectivity index (χ3n) is 2.69. The molecule has 0 aliphatic heterocycles. The van der Waals surface area contributed by atoms with Gasteiger partial charge in [-0.25, -0.2) is 9.89 Å². The fraction of sp³-hybridized carbons (Fsp3) is 0. The molecule has 0 radical (unpaired) electrons. The lowest BCUT2D eigenvalue weighted by Crippen LogP contribution is -2.13. The van der Waals surface area contributed by atoms with Crippen molar-refractivity contribution in [1.29, 1.82) is 0 Å². The highest BCUT2D eigenvalue weighted by molar-refractivity contribution is 5.78. The van der Waals surface area contributed by atoms with Gasteiger partial charge in [0.1, 0.15) is 0 Å². The number of aromatic amines is 1. The maximum absolute atomic E-state index is 11.8. The highest BCUT2D eigenvalue weighted by atomic mass is 16.2. The van der Waals surface area contributed by atoms with Gasteiger partial charge < -0.3 is 0 Å². The van der Waals surface area contributed by atoms with Crippen LogP contribution in [0.5, 0.6) is 0 Å². The first-order valence-electron chi connectivity index (χ1n) is 6.02. The molecule has 6 heteroatoms. The average molecular weight is 265 g/mol. The van der Waals surface area contributed by atoms with Crippen LogP contribution in [-0.2, 0) is 0 Å². The fourth-order valence-corrected chi connectivity index (χ4v) is 1.75. The summed E-state index contributed by atoms with van der Waals surface area (Å²) in [6.45, 7) is 0. The topological polar surface area (TPSA) is 75.9 Å². The highest BCUT2D eigenvalue weighted by Gasteiger charge is 2.08. The molecule has 98 valence electrons. The van der Waals surface area contributed by atoms with Crippen molar-refractivity contribution in [2.75, 3.05) is 0 Å². The Kier molecular flexibility index (Phi) is 3.20. The number of H-pyrrole nitrogens is 1. The van der Waals surface area contributed by atoms with Crippen LogP contribution in [-0.4, -0.2) is 26.1 Å². The van der Waals surface area contributed by atoms with Crippen molar-refractivity contribution in [3.8, 4) is 11.4 Å². The minimum Gasteiger partial charge on any atom is -0.264 e. The molecule has 20 heavy (non-hydrogen) atoms. The van der Waals surface area contributed by atoms with Crippen molar-refractivity contribution < 1.29 is 0 Å². The van der Waals surface area contributed by atoms with E-state index in [0.29, 0.717) is 5.82 Å². The molecule has 0 spiro atoms. The SMILES string of the molecule is O=c1[nH]nc(-c2ccccc2)n1N=Cc1cccnc1. The predicted molar refractivity (Wildman–Crippen MR) is 75.5 cm³/mol. The summed E-state index contributed by atoms with van der Waals surface area (Å²) in [4.78, 5) is 15.7. The van der Waals surface area contributed by atoms with Crippen LogP contribution in [0.25, 0.3) is 11.4 Å². The van der Waals surface area contributed by atoms with Gasteiger partial charge in [-0.05, 0) is 6.07 Å². The number of nitrogens with zero attached hydrogens (tertiary/aromatic N) is 4. The zero-order valence-corrected chi connectivity index (χ0v) is 10.5. The van der Waals surface area contributed by atoms with E-state index in [4.69, 9.17) is 0 Å². The number of hydrogen-bond donors (Lipinski definition) is 1. The van der Waals surface area contributed by atoms with Crippen molar-refractivity contribution in [3.05, 3.63) is 70.9 Å². The molecule has 0 fully saturated rings. The summed E-state index contributed by atoms with van der Waals surface area (Å²) in [5.74, 6) is 0.468. The quantitative estimate of drug-likeness (QED) is 0.729. The Hall–Kier alpha value is -3.02. The monoisotopic (exact) mass is 265 g/mol. The summed E-state index contributed by atoms with van der Waals surface area (Å²) in [6.07, 6.45) is 4.91. The highest BCUT2D eigenvalue weighted by Crippen LogP contribution is 2.13. The summed E-state index contributed by atoms with van der Waals surface area (Å²) < 4.78 is 1.22. The van der Waals surface area contributed by atoms with E-state index in [1.54, 1.807) is 24.7 Å². The van der Waals surface area contributed by atoms with Crippen molar-refractivity contribution in [2.45, 2.75) is 0 Å². The molecule has 6 nitrogen and oxygen atoms in total. The van der Waals surface area contributed by atoms with E-state index in [1.165, 1.54) is 4.68 Å². The van der Waals surface area contributed by atoms with Gasteiger partial charge in [-0.1, -0.05) is 36.4 Å². The second kappa shape index (κ2) is 5.31.